The Balaban J connectivity index is 2.77. The molecule has 0 aliphatic heterocycles. The van der Waals surface area contributed by atoms with Crippen LogP contribution in [0.15, 0.2) is 12.1 Å². The summed E-state index contributed by atoms with van der Waals surface area (Å²) in [5.41, 5.74) is 0.356. The number of amides is 1. The van der Waals surface area contributed by atoms with E-state index in [0.717, 1.165) is 0 Å². The molecule has 1 unspecified atom stereocenters. The summed E-state index contributed by atoms with van der Waals surface area (Å²) in [6.45, 7) is 4.22. The van der Waals surface area contributed by atoms with Crippen LogP contribution in [0.1, 0.15) is 30.6 Å². The van der Waals surface area contributed by atoms with Crippen molar-refractivity contribution in [1.82, 2.24) is 5.32 Å². The van der Waals surface area contributed by atoms with Gasteiger partial charge in [0, 0.05) is 12.1 Å². The molecule has 0 aromatic heterocycles. The monoisotopic (exact) mass is 315 g/mol. The van der Waals surface area contributed by atoms with Crippen LogP contribution in [-0.4, -0.2) is 37.9 Å². The van der Waals surface area contributed by atoms with E-state index in [-0.39, 0.29) is 12.5 Å². The fraction of sp³-hybridized carbons (Fsp3) is 0.533. The summed E-state index contributed by atoms with van der Waals surface area (Å²) >= 11 is 6.05. The number of hydrogen-bond donors (Lipinski definition) is 2. The van der Waals surface area contributed by atoms with Gasteiger partial charge < -0.3 is 19.9 Å². The minimum Gasteiger partial charge on any atom is -0.493 e. The fourth-order valence-corrected chi connectivity index (χ4v) is 2.28. The van der Waals surface area contributed by atoms with Crippen molar-refractivity contribution >= 4 is 17.5 Å². The minimum absolute atomic E-state index is 0.197. The van der Waals surface area contributed by atoms with E-state index < -0.39 is 6.10 Å². The minimum atomic E-state index is -0.565. The summed E-state index contributed by atoms with van der Waals surface area (Å²) in [6.07, 6.45) is 0.0667. The van der Waals surface area contributed by atoms with Gasteiger partial charge in [0.2, 0.25) is 0 Å². The largest absolute Gasteiger partial charge is 0.493 e. The van der Waals surface area contributed by atoms with Crippen LogP contribution >= 0.6 is 11.6 Å². The zero-order valence-corrected chi connectivity index (χ0v) is 13.5. The molecule has 0 heterocycles. The Morgan fingerprint density at radius 3 is 2.52 bits per heavy atom. The molecule has 0 fully saturated rings. The number of carbonyl (C=O) groups excluding carboxylic acids is 1. The molecule has 1 atom stereocenters. The SMILES string of the molecule is COc1cc(C(=O)NCC(O)CC(C)C)cc(Cl)c1OC. The average Bonchev–Trinajstić information content (AvgIpc) is 2.42. The highest BCUT2D eigenvalue weighted by Crippen LogP contribution is 2.35. The quantitative estimate of drug-likeness (QED) is 0.811. The molecule has 21 heavy (non-hydrogen) atoms. The molecule has 1 rings (SSSR count). The second-order valence-corrected chi connectivity index (χ2v) is 5.59. The van der Waals surface area contributed by atoms with E-state index in [1.807, 2.05) is 13.8 Å². The maximum Gasteiger partial charge on any atom is 0.251 e. The lowest BCUT2D eigenvalue weighted by Crippen LogP contribution is -2.32. The number of benzene rings is 1. The van der Waals surface area contributed by atoms with Crippen molar-refractivity contribution < 1.29 is 19.4 Å². The smallest absolute Gasteiger partial charge is 0.251 e. The van der Waals surface area contributed by atoms with Crippen molar-refractivity contribution in [1.29, 1.82) is 0 Å². The first-order valence-electron chi connectivity index (χ1n) is 6.76. The highest BCUT2D eigenvalue weighted by molar-refractivity contribution is 6.32. The van der Waals surface area contributed by atoms with E-state index in [1.54, 1.807) is 6.07 Å². The summed E-state index contributed by atoms with van der Waals surface area (Å²) in [5, 5.41) is 12.7. The van der Waals surface area contributed by atoms with E-state index >= 15 is 0 Å². The third kappa shape index (κ3) is 5.10. The Morgan fingerprint density at radius 2 is 2.00 bits per heavy atom. The van der Waals surface area contributed by atoms with Crippen molar-refractivity contribution in [3.63, 3.8) is 0 Å². The van der Waals surface area contributed by atoms with Gasteiger partial charge in [-0.25, -0.2) is 0 Å². The third-order valence-corrected chi connectivity index (χ3v) is 3.22. The van der Waals surface area contributed by atoms with Gasteiger partial charge in [0.1, 0.15) is 0 Å². The molecule has 5 nitrogen and oxygen atoms in total. The molecule has 0 bridgehead atoms. The number of aliphatic hydroxyl groups excluding tert-OH is 1. The number of halogens is 1. The van der Waals surface area contributed by atoms with E-state index in [4.69, 9.17) is 21.1 Å². The Bertz CT molecular complexity index is 491. The van der Waals surface area contributed by atoms with Gasteiger partial charge in [0.15, 0.2) is 11.5 Å². The lowest BCUT2D eigenvalue weighted by atomic mass is 10.1. The van der Waals surface area contributed by atoms with Gasteiger partial charge in [0.05, 0.1) is 25.3 Å². The van der Waals surface area contributed by atoms with E-state index in [2.05, 4.69) is 5.32 Å². The highest BCUT2D eigenvalue weighted by Gasteiger charge is 2.16. The van der Waals surface area contributed by atoms with Crippen molar-refractivity contribution in [2.24, 2.45) is 5.92 Å². The molecule has 0 radical (unpaired) electrons. The standard InChI is InChI=1S/C15H22ClNO4/c1-9(2)5-11(18)8-17-15(19)10-6-12(16)14(21-4)13(7-10)20-3/h6-7,9,11,18H,5,8H2,1-4H3,(H,17,19). The first kappa shape index (κ1) is 17.6. The van der Waals surface area contributed by atoms with Crippen molar-refractivity contribution in [2.75, 3.05) is 20.8 Å². The van der Waals surface area contributed by atoms with Crippen molar-refractivity contribution in [3.8, 4) is 11.5 Å². The second-order valence-electron chi connectivity index (χ2n) is 5.19. The van der Waals surface area contributed by atoms with Gasteiger partial charge in [-0.1, -0.05) is 25.4 Å². The van der Waals surface area contributed by atoms with Crippen LogP contribution in [0.3, 0.4) is 0 Å². The molecule has 0 spiro atoms. The first-order chi connectivity index (χ1) is 9.88. The molecule has 1 aromatic carbocycles. The molecule has 118 valence electrons. The van der Waals surface area contributed by atoms with Gasteiger partial charge in [-0.2, -0.15) is 0 Å². The molecule has 1 amide bonds. The number of ether oxygens (including phenoxy) is 2. The predicted octanol–water partition coefficient (Wildman–Crippen LogP) is 2.49. The molecule has 0 aliphatic rings. The molecule has 1 aromatic rings. The van der Waals surface area contributed by atoms with E-state index in [9.17, 15) is 9.90 Å². The topological polar surface area (TPSA) is 67.8 Å². The molecular formula is C15H22ClNO4. The molecule has 0 saturated heterocycles. The first-order valence-corrected chi connectivity index (χ1v) is 7.14. The maximum atomic E-state index is 12.1. The van der Waals surface area contributed by atoms with Gasteiger partial charge >= 0.3 is 0 Å². The Labute approximate surface area is 130 Å². The van der Waals surface area contributed by atoms with Gasteiger partial charge in [-0.05, 0) is 24.5 Å². The normalized spacial score (nSPS) is 12.1. The number of carbonyl (C=O) groups is 1. The van der Waals surface area contributed by atoms with Crippen LogP contribution in [0.4, 0.5) is 0 Å². The molecule has 6 heteroatoms. The summed E-state index contributed by atoms with van der Waals surface area (Å²) in [7, 11) is 2.95. The summed E-state index contributed by atoms with van der Waals surface area (Å²) in [4.78, 5) is 12.1. The van der Waals surface area contributed by atoms with Gasteiger partial charge in [-0.3, -0.25) is 4.79 Å². The maximum absolute atomic E-state index is 12.1. The van der Waals surface area contributed by atoms with Crippen LogP contribution in [0, 0.1) is 5.92 Å². The summed E-state index contributed by atoms with van der Waals surface area (Å²) in [6, 6.07) is 3.06. The second kappa shape index (κ2) is 8.10. The summed E-state index contributed by atoms with van der Waals surface area (Å²) in [5.74, 6) is 0.821. The number of hydrogen-bond acceptors (Lipinski definition) is 4. The van der Waals surface area contributed by atoms with Crippen LogP contribution in [0.5, 0.6) is 11.5 Å². The Morgan fingerprint density at radius 1 is 1.33 bits per heavy atom. The van der Waals surface area contributed by atoms with Gasteiger partial charge in [-0.15, -0.1) is 0 Å². The third-order valence-electron chi connectivity index (χ3n) is 2.94. The summed E-state index contributed by atoms with van der Waals surface area (Å²) < 4.78 is 10.3. The Hall–Kier alpha value is -1.46. The number of rotatable bonds is 7. The van der Waals surface area contributed by atoms with Crippen molar-refractivity contribution in [2.45, 2.75) is 26.4 Å². The number of nitrogens with one attached hydrogen (secondary N) is 1. The van der Waals surface area contributed by atoms with Gasteiger partial charge in [0.25, 0.3) is 5.91 Å². The lowest BCUT2D eigenvalue weighted by Gasteiger charge is -2.15. The molecular weight excluding hydrogens is 294 g/mol. The molecule has 0 aliphatic carbocycles. The fourth-order valence-electron chi connectivity index (χ4n) is 1.99. The van der Waals surface area contributed by atoms with E-state index in [1.165, 1.54) is 20.3 Å². The zero-order chi connectivity index (χ0) is 16.0. The average molecular weight is 316 g/mol. The van der Waals surface area contributed by atoms with Crippen LogP contribution in [0.2, 0.25) is 5.02 Å². The molecule has 0 saturated carbocycles. The Kier molecular flexibility index (Phi) is 6.78. The van der Waals surface area contributed by atoms with Crippen LogP contribution < -0.4 is 14.8 Å². The number of methoxy groups -OCH3 is 2. The van der Waals surface area contributed by atoms with Crippen molar-refractivity contribution in [3.05, 3.63) is 22.7 Å². The van der Waals surface area contributed by atoms with Crippen LogP contribution in [0.25, 0.3) is 0 Å². The number of aliphatic hydroxyl groups is 1. The molecule has 2 N–H and O–H groups in total. The van der Waals surface area contributed by atoms with Crippen LogP contribution in [-0.2, 0) is 0 Å². The van der Waals surface area contributed by atoms with E-state index in [0.29, 0.717) is 34.4 Å². The zero-order valence-electron chi connectivity index (χ0n) is 12.8. The predicted molar refractivity (Wildman–Crippen MR) is 82.4 cm³/mol. The highest BCUT2D eigenvalue weighted by atomic mass is 35.5. The lowest BCUT2D eigenvalue weighted by molar-refractivity contribution is 0.0900.